The van der Waals surface area contributed by atoms with E-state index >= 15 is 0 Å². The van der Waals surface area contributed by atoms with Crippen molar-refractivity contribution >= 4 is 23.2 Å². The molecular formula is C28H39F3N4O4. The van der Waals surface area contributed by atoms with Crippen molar-refractivity contribution in [3.8, 4) is 5.75 Å². The van der Waals surface area contributed by atoms with E-state index < -0.39 is 40.1 Å². The number of aliphatic hydroxyl groups is 1. The molecule has 0 spiro atoms. The largest absolute Gasteiger partial charge is 0.487 e. The summed E-state index contributed by atoms with van der Waals surface area (Å²) in [6.07, 6.45) is -3.74. The number of halogens is 3. The normalized spacial score (nSPS) is 15.1. The summed E-state index contributed by atoms with van der Waals surface area (Å²) < 4.78 is 46.8. The van der Waals surface area contributed by atoms with Crippen LogP contribution >= 0.6 is 0 Å². The molecule has 0 fully saturated rings. The van der Waals surface area contributed by atoms with Crippen molar-refractivity contribution in [1.82, 2.24) is 5.32 Å². The molecule has 2 atom stereocenters. The summed E-state index contributed by atoms with van der Waals surface area (Å²) in [5.74, 6) is -0.525. The third kappa shape index (κ3) is 7.63. The highest BCUT2D eigenvalue weighted by Gasteiger charge is 2.45. The molecule has 2 aromatic carbocycles. The summed E-state index contributed by atoms with van der Waals surface area (Å²) >= 11 is 0. The number of benzene rings is 2. The minimum atomic E-state index is -4.69. The molecule has 0 saturated carbocycles. The van der Waals surface area contributed by atoms with Crippen LogP contribution in [0.3, 0.4) is 0 Å². The topological polar surface area (TPSA) is 140 Å². The number of carbonyl (C=O) groups excluding carboxylic acids is 2. The van der Waals surface area contributed by atoms with Gasteiger partial charge in [-0.2, -0.15) is 13.2 Å². The van der Waals surface area contributed by atoms with E-state index in [1.807, 2.05) is 13.8 Å². The molecule has 0 bridgehead atoms. The lowest BCUT2D eigenvalue weighted by atomic mass is 9.81. The second kappa shape index (κ2) is 12.3. The molecule has 0 radical (unpaired) electrons. The van der Waals surface area contributed by atoms with Crippen molar-refractivity contribution in [3.63, 3.8) is 0 Å². The van der Waals surface area contributed by atoms with Gasteiger partial charge in [0.25, 0.3) is 5.91 Å². The number of hydrogen-bond donors (Lipinski definition) is 5. The smallest absolute Gasteiger partial charge is 0.418 e. The molecule has 0 aromatic heterocycles. The molecule has 216 valence electrons. The average Bonchev–Trinajstić information content (AvgIpc) is 2.87. The highest BCUT2D eigenvalue weighted by Crippen LogP contribution is 2.38. The SMILES string of the molecule is CCC(CC)(CC(C)(O)C(=O)NC(CC)(CN)c1ccc(N)c(C(F)(F)F)c1)Oc1ccc(NC(C)=O)cc1. The van der Waals surface area contributed by atoms with Crippen molar-refractivity contribution in [2.24, 2.45) is 5.73 Å². The van der Waals surface area contributed by atoms with Crippen molar-refractivity contribution < 1.29 is 32.6 Å². The van der Waals surface area contributed by atoms with Gasteiger partial charge in [-0.25, -0.2) is 0 Å². The first-order valence-electron chi connectivity index (χ1n) is 12.9. The Balaban J connectivity index is 2.34. The Morgan fingerprint density at radius 1 is 1.00 bits per heavy atom. The molecule has 2 aromatic rings. The summed E-state index contributed by atoms with van der Waals surface area (Å²) in [5.41, 5.74) is 6.53. The zero-order valence-corrected chi connectivity index (χ0v) is 23.0. The second-order valence-corrected chi connectivity index (χ2v) is 10.0. The lowest BCUT2D eigenvalue weighted by molar-refractivity contribution is -0.146. The fourth-order valence-electron chi connectivity index (χ4n) is 4.58. The molecule has 0 heterocycles. The summed E-state index contributed by atoms with van der Waals surface area (Å²) in [5, 5.41) is 16.7. The van der Waals surface area contributed by atoms with Crippen LogP contribution in [-0.4, -0.2) is 34.7 Å². The summed E-state index contributed by atoms with van der Waals surface area (Å²) in [6.45, 7) is 7.95. The molecule has 0 aliphatic rings. The fourth-order valence-corrected chi connectivity index (χ4v) is 4.58. The van der Waals surface area contributed by atoms with Gasteiger partial charge in [0.15, 0.2) is 0 Å². The van der Waals surface area contributed by atoms with E-state index in [0.29, 0.717) is 24.3 Å². The van der Waals surface area contributed by atoms with E-state index in [1.165, 1.54) is 19.9 Å². The standard InChI is InChI=1S/C28H39F3N4O4/c1-6-26(7-2,39-21-12-10-20(11-13-21)34-18(4)36)16-25(5,38)24(37)35-27(8-3,17-32)19-9-14-23(33)22(15-19)28(29,30)31/h9-15,38H,6-8,16-17,32-33H2,1-5H3,(H,34,36)(H,35,37). The molecule has 0 saturated heterocycles. The first kappa shape index (κ1) is 31.9. The van der Waals surface area contributed by atoms with E-state index in [2.05, 4.69) is 10.6 Å². The lowest BCUT2D eigenvalue weighted by Crippen LogP contribution is -2.59. The Morgan fingerprint density at radius 3 is 2.05 bits per heavy atom. The minimum Gasteiger partial charge on any atom is -0.487 e. The minimum absolute atomic E-state index is 0.105. The molecule has 11 heteroatoms. The molecule has 2 amide bonds. The van der Waals surface area contributed by atoms with E-state index in [1.54, 1.807) is 31.2 Å². The van der Waals surface area contributed by atoms with Gasteiger partial charge < -0.3 is 31.9 Å². The highest BCUT2D eigenvalue weighted by atomic mass is 19.4. The monoisotopic (exact) mass is 552 g/mol. The van der Waals surface area contributed by atoms with Crippen LogP contribution < -0.4 is 26.8 Å². The van der Waals surface area contributed by atoms with Crippen molar-refractivity contribution in [1.29, 1.82) is 0 Å². The van der Waals surface area contributed by atoms with E-state index in [0.717, 1.165) is 12.1 Å². The Kier molecular flexibility index (Phi) is 10.0. The van der Waals surface area contributed by atoms with Crippen LogP contribution in [0.5, 0.6) is 5.75 Å². The number of amides is 2. The van der Waals surface area contributed by atoms with Gasteiger partial charge in [0.05, 0.1) is 11.1 Å². The average molecular weight is 553 g/mol. The van der Waals surface area contributed by atoms with Crippen LogP contribution in [-0.2, 0) is 21.3 Å². The molecule has 39 heavy (non-hydrogen) atoms. The first-order chi connectivity index (χ1) is 18.1. The van der Waals surface area contributed by atoms with Gasteiger partial charge in [0.1, 0.15) is 17.0 Å². The second-order valence-electron chi connectivity index (χ2n) is 10.0. The molecule has 8 nitrogen and oxygen atoms in total. The molecule has 0 aliphatic carbocycles. The van der Waals surface area contributed by atoms with Crippen molar-refractivity contribution in [3.05, 3.63) is 53.6 Å². The van der Waals surface area contributed by atoms with Crippen LogP contribution in [0.15, 0.2) is 42.5 Å². The third-order valence-corrected chi connectivity index (χ3v) is 7.17. The molecule has 0 aliphatic heterocycles. The van der Waals surface area contributed by atoms with Gasteiger partial charge in [0, 0.05) is 31.3 Å². The van der Waals surface area contributed by atoms with Gasteiger partial charge in [-0.1, -0.05) is 26.8 Å². The van der Waals surface area contributed by atoms with Gasteiger partial charge >= 0.3 is 6.18 Å². The quantitative estimate of drug-likeness (QED) is 0.242. The Morgan fingerprint density at radius 2 is 1.59 bits per heavy atom. The first-order valence-corrected chi connectivity index (χ1v) is 12.9. The number of hydrogen-bond acceptors (Lipinski definition) is 6. The number of ether oxygens (including phenoxy) is 1. The fraction of sp³-hybridized carbons (Fsp3) is 0.500. The van der Waals surface area contributed by atoms with Crippen molar-refractivity contribution in [2.75, 3.05) is 17.6 Å². The van der Waals surface area contributed by atoms with Crippen LogP contribution in [0.1, 0.15) is 71.4 Å². The molecule has 2 rings (SSSR count). The number of nitrogen functional groups attached to an aromatic ring is 1. The zero-order chi connectivity index (χ0) is 29.6. The Hall–Kier alpha value is -3.31. The van der Waals surface area contributed by atoms with Crippen LogP contribution in [0.2, 0.25) is 0 Å². The van der Waals surface area contributed by atoms with Gasteiger partial charge in [-0.3, -0.25) is 9.59 Å². The summed E-state index contributed by atoms with van der Waals surface area (Å²) in [6, 6.07) is 10.1. The summed E-state index contributed by atoms with van der Waals surface area (Å²) in [7, 11) is 0. The van der Waals surface area contributed by atoms with E-state index in [4.69, 9.17) is 16.2 Å². The van der Waals surface area contributed by atoms with Crippen molar-refractivity contribution in [2.45, 2.75) is 83.2 Å². The lowest BCUT2D eigenvalue weighted by Gasteiger charge is -2.41. The van der Waals surface area contributed by atoms with Crippen LogP contribution in [0, 0.1) is 0 Å². The number of carbonyl (C=O) groups is 2. The number of alkyl halides is 3. The van der Waals surface area contributed by atoms with E-state index in [-0.39, 0.29) is 30.9 Å². The predicted molar refractivity (Wildman–Crippen MR) is 145 cm³/mol. The maximum absolute atomic E-state index is 13.5. The summed E-state index contributed by atoms with van der Waals surface area (Å²) in [4.78, 5) is 24.7. The maximum atomic E-state index is 13.5. The highest BCUT2D eigenvalue weighted by molar-refractivity contribution is 5.88. The van der Waals surface area contributed by atoms with Gasteiger partial charge in [-0.05, 0) is 68.1 Å². The molecule has 7 N–H and O–H groups in total. The number of rotatable bonds is 12. The molecule has 2 unspecified atom stereocenters. The zero-order valence-electron chi connectivity index (χ0n) is 23.0. The number of nitrogens with two attached hydrogens (primary N) is 2. The number of anilines is 2. The Bertz CT molecular complexity index is 1140. The maximum Gasteiger partial charge on any atom is 0.418 e. The third-order valence-electron chi connectivity index (χ3n) is 7.17. The predicted octanol–water partition coefficient (Wildman–Crippen LogP) is 4.71. The van der Waals surface area contributed by atoms with Crippen LogP contribution in [0.25, 0.3) is 0 Å². The van der Waals surface area contributed by atoms with Gasteiger partial charge in [0.2, 0.25) is 5.91 Å². The Labute approximate surface area is 227 Å². The van der Waals surface area contributed by atoms with E-state index in [9.17, 15) is 27.9 Å². The van der Waals surface area contributed by atoms with Crippen LogP contribution in [0.4, 0.5) is 24.5 Å². The molecular weight excluding hydrogens is 513 g/mol. The number of nitrogens with one attached hydrogen (secondary N) is 2. The van der Waals surface area contributed by atoms with Gasteiger partial charge in [-0.15, -0.1) is 0 Å².